The minimum Gasteiger partial charge on any atom is -0.482 e. The molecule has 2 amide bonds. The van der Waals surface area contributed by atoms with Crippen molar-refractivity contribution in [2.45, 2.75) is 6.54 Å². The number of fused-ring (bicyclic) bond motifs is 2. The van der Waals surface area contributed by atoms with Crippen molar-refractivity contribution in [1.82, 2.24) is 0 Å². The van der Waals surface area contributed by atoms with E-state index in [9.17, 15) is 14.0 Å². The number of carbonyl (C=O) groups is 2. The first-order valence-electron chi connectivity index (χ1n) is 9.60. The van der Waals surface area contributed by atoms with Crippen LogP contribution in [0.4, 0.5) is 15.8 Å². The molecule has 0 aromatic heterocycles. The van der Waals surface area contributed by atoms with Crippen molar-refractivity contribution in [2.75, 3.05) is 23.6 Å². The SMILES string of the molecule is O=C(Nc1ccc2c(c1)N(Cc1ccccc1F)C(=O)CO2)c1ccc2c(c1)OCO2. The third-order valence-corrected chi connectivity index (χ3v) is 5.08. The highest BCUT2D eigenvalue weighted by Crippen LogP contribution is 2.36. The van der Waals surface area contributed by atoms with Gasteiger partial charge in [-0.1, -0.05) is 18.2 Å². The molecule has 2 aliphatic heterocycles. The third kappa shape index (κ3) is 3.63. The molecule has 2 heterocycles. The number of anilines is 2. The van der Waals surface area contributed by atoms with Crippen molar-refractivity contribution in [3.8, 4) is 17.2 Å². The molecule has 3 aromatic rings. The molecule has 0 fully saturated rings. The van der Waals surface area contributed by atoms with Gasteiger partial charge in [-0.05, 0) is 42.5 Å². The summed E-state index contributed by atoms with van der Waals surface area (Å²) in [5.41, 5.74) is 1.72. The highest BCUT2D eigenvalue weighted by molar-refractivity contribution is 6.05. The first-order chi connectivity index (χ1) is 15.1. The number of hydrogen-bond donors (Lipinski definition) is 1. The Bertz CT molecular complexity index is 1200. The molecule has 3 aromatic carbocycles. The molecular formula is C23H17FN2O5. The van der Waals surface area contributed by atoms with Crippen LogP contribution in [0, 0.1) is 5.82 Å². The van der Waals surface area contributed by atoms with Crippen LogP contribution in [-0.2, 0) is 11.3 Å². The topological polar surface area (TPSA) is 77.1 Å². The standard InChI is InChI=1S/C23H17FN2O5/c24-17-4-2-1-3-15(17)11-26-18-10-16(6-8-19(18)29-12-22(26)27)25-23(28)14-5-7-20-21(9-14)31-13-30-20/h1-10H,11-13H2,(H,25,28). The summed E-state index contributed by atoms with van der Waals surface area (Å²) in [4.78, 5) is 26.6. The summed E-state index contributed by atoms with van der Waals surface area (Å²) >= 11 is 0. The van der Waals surface area contributed by atoms with Crippen LogP contribution < -0.4 is 24.4 Å². The van der Waals surface area contributed by atoms with Gasteiger partial charge in [0.1, 0.15) is 11.6 Å². The summed E-state index contributed by atoms with van der Waals surface area (Å²) in [5, 5.41) is 2.81. The largest absolute Gasteiger partial charge is 0.482 e. The molecule has 0 bridgehead atoms. The van der Waals surface area contributed by atoms with Gasteiger partial charge >= 0.3 is 0 Å². The van der Waals surface area contributed by atoms with Crippen LogP contribution in [0.1, 0.15) is 15.9 Å². The Morgan fingerprint density at radius 2 is 1.77 bits per heavy atom. The highest BCUT2D eigenvalue weighted by Gasteiger charge is 2.27. The molecule has 156 valence electrons. The van der Waals surface area contributed by atoms with E-state index in [0.717, 1.165) is 0 Å². The van der Waals surface area contributed by atoms with E-state index < -0.39 is 5.82 Å². The number of nitrogens with zero attached hydrogens (tertiary/aromatic N) is 1. The van der Waals surface area contributed by atoms with Crippen LogP contribution in [0.2, 0.25) is 0 Å². The van der Waals surface area contributed by atoms with E-state index in [-0.39, 0.29) is 31.8 Å². The Balaban J connectivity index is 1.41. The smallest absolute Gasteiger partial charge is 0.265 e. The fraction of sp³-hybridized carbons (Fsp3) is 0.130. The Kier molecular flexibility index (Phi) is 4.66. The van der Waals surface area contributed by atoms with E-state index in [1.54, 1.807) is 54.6 Å². The van der Waals surface area contributed by atoms with E-state index in [4.69, 9.17) is 14.2 Å². The number of benzene rings is 3. The Hall–Kier alpha value is -4.07. The van der Waals surface area contributed by atoms with Crippen molar-refractivity contribution in [2.24, 2.45) is 0 Å². The van der Waals surface area contributed by atoms with Gasteiger partial charge in [0.25, 0.3) is 11.8 Å². The number of hydrogen-bond acceptors (Lipinski definition) is 5. The molecule has 0 spiro atoms. The van der Waals surface area contributed by atoms with E-state index in [0.29, 0.717) is 39.8 Å². The van der Waals surface area contributed by atoms with Crippen molar-refractivity contribution >= 4 is 23.2 Å². The van der Waals surface area contributed by atoms with E-state index in [2.05, 4.69) is 5.32 Å². The summed E-state index contributed by atoms with van der Waals surface area (Å²) < 4.78 is 30.2. The molecule has 2 aliphatic rings. The van der Waals surface area contributed by atoms with Crippen molar-refractivity contribution < 1.29 is 28.2 Å². The van der Waals surface area contributed by atoms with Crippen LogP contribution in [0.15, 0.2) is 60.7 Å². The Labute approximate surface area is 176 Å². The quantitative estimate of drug-likeness (QED) is 0.696. The molecule has 31 heavy (non-hydrogen) atoms. The zero-order chi connectivity index (χ0) is 21.4. The van der Waals surface area contributed by atoms with Crippen LogP contribution in [0.25, 0.3) is 0 Å². The van der Waals surface area contributed by atoms with Crippen molar-refractivity contribution in [3.63, 3.8) is 0 Å². The molecule has 0 saturated heterocycles. The van der Waals surface area contributed by atoms with E-state index in [1.807, 2.05) is 0 Å². The zero-order valence-corrected chi connectivity index (χ0v) is 16.3. The van der Waals surface area contributed by atoms with E-state index >= 15 is 0 Å². The number of halogens is 1. The predicted octanol–water partition coefficient (Wildman–Crippen LogP) is 3.73. The van der Waals surface area contributed by atoms with Gasteiger partial charge in [-0.15, -0.1) is 0 Å². The monoisotopic (exact) mass is 420 g/mol. The molecule has 0 atom stereocenters. The fourth-order valence-corrected chi connectivity index (χ4v) is 3.49. The van der Waals surface area contributed by atoms with Gasteiger partial charge in [-0.2, -0.15) is 0 Å². The van der Waals surface area contributed by atoms with Gasteiger partial charge in [0.15, 0.2) is 18.1 Å². The summed E-state index contributed by atoms with van der Waals surface area (Å²) in [6.07, 6.45) is 0. The maximum Gasteiger partial charge on any atom is 0.265 e. The molecule has 7 nitrogen and oxygen atoms in total. The number of ether oxygens (including phenoxy) is 3. The second kappa shape index (κ2) is 7.64. The Morgan fingerprint density at radius 1 is 0.968 bits per heavy atom. The lowest BCUT2D eigenvalue weighted by molar-refractivity contribution is -0.121. The molecule has 1 N–H and O–H groups in total. The fourth-order valence-electron chi connectivity index (χ4n) is 3.49. The summed E-state index contributed by atoms with van der Waals surface area (Å²) in [5.74, 6) is 0.544. The van der Waals surface area contributed by atoms with Crippen molar-refractivity contribution in [1.29, 1.82) is 0 Å². The molecule has 8 heteroatoms. The van der Waals surface area contributed by atoms with Crippen LogP contribution in [0.3, 0.4) is 0 Å². The second-order valence-corrected chi connectivity index (χ2v) is 7.06. The van der Waals surface area contributed by atoms with Gasteiger partial charge in [-0.3, -0.25) is 9.59 Å². The second-order valence-electron chi connectivity index (χ2n) is 7.06. The minimum atomic E-state index is -0.393. The predicted molar refractivity (Wildman–Crippen MR) is 110 cm³/mol. The van der Waals surface area contributed by atoms with Gasteiger partial charge < -0.3 is 24.4 Å². The average molecular weight is 420 g/mol. The first-order valence-corrected chi connectivity index (χ1v) is 9.60. The summed E-state index contributed by atoms with van der Waals surface area (Å²) in [6, 6.07) is 16.2. The lowest BCUT2D eigenvalue weighted by Gasteiger charge is -2.30. The number of nitrogens with one attached hydrogen (secondary N) is 1. The maximum atomic E-state index is 14.1. The van der Waals surface area contributed by atoms with Crippen molar-refractivity contribution in [3.05, 3.63) is 77.6 Å². The zero-order valence-electron chi connectivity index (χ0n) is 16.3. The normalized spacial score (nSPS) is 14.1. The number of rotatable bonds is 4. The maximum absolute atomic E-state index is 14.1. The molecule has 0 unspecified atom stereocenters. The molecule has 5 rings (SSSR count). The number of carbonyl (C=O) groups excluding carboxylic acids is 2. The molecule has 0 radical (unpaired) electrons. The Morgan fingerprint density at radius 3 is 2.65 bits per heavy atom. The lowest BCUT2D eigenvalue weighted by Crippen LogP contribution is -2.38. The lowest BCUT2D eigenvalue weighted by atomic mass is 10.1. The van der Waals surface area contributed by atoms with Gasteiger partial charge in [0, 0.05) is 16.8 Å². The van der Waals surface area contributed by atoms with Gasteiger partial charge in [0.2, 0.25) is 6.79 Å². The first kappa shape index (κ1) is 18.9. The molecular weight excluding hydrogens is 403 g/mol. The molecule has 0 saturated carbocycles. The third-order valence-electron chi connectivity index (χ3n) is 5.08. The summed E-state index contributed by atoms with van der Waals surface area (Å²) in [7, 11) is 0. The van der Waals surface area contributed by atoms with Crippen LogP contribution in [0.5, 0.6) is 17.2 Å². The van der Waals surface area contributed by atoms with Crippen LogP contribution in [-0.4, -0.2) is 25.2 Å². The highest BCUT2D eigenvalue weighted by atomic mass is 19.1. The van der Waals surface area contributed by atoms with E-state index in [1.165, 1.54) is 11.0 Å². The number of amides is 2. The van der Waals surface area contributed by atoms with Gasteiger partial charge in [-0.25, -0.2) is 4.39 Å². The molecule has 0 aliphatic carbocycles. The average Bonchev–Trinajstić information content (AvgIpc) is 3.25. The van der Waals surface area contributed by atoms with Gasteiger partial charge in [0.05, 0.1) is 12.2 Å². The van der Waals surface area contributed by atoms with Crippen LogP contribution >= 0.6 is 0 Å². The minimum absolute atomic E-state index is 0.0570. The summed E-state index contributed by atoms with van der Waals surface area (Å²) in [6.45, 7) is 0.0445.